The Bertz CT molecular complexity index is 2150. The molecule has 7 rings (SSSR count). The quantitative estimate of drug-likeness (QED) is 0.186. The molecule has 4 aromatic heterocycles. The van der Waals surface area contributed by atoms with Gasteiger partial charge < -0.3 is 10.3 Å². The first-order valence-electron chi connectivity index (χ1n) is 13.7. The van der Waals surface area contributed by atoms with Crippen molar-refractivity contribution in [1.82, 2.24) is 29.9 Å². The lowest BCUT2D eigenvalue weighted by atomic mass is 10.0. The minimum atomic E-state index is -3.44. The van der Waals surface area contributed by atoms with Gasteiger partial charge in [0.05, 0.1) is 35.0 Å². The van der Waals surface area contributed by atoms with Crippen molar-refractivity contribution in [3.8, 4) is 33.8 Å². The molecule has 4 heterocycles. The molecular formula is C31H26FN7O3S. The molecule has 216 valence electrons. The summed E-state index contributed by atoms with van der Waals surface area (Å²) >= 11 is 0. The fourth-order valence-electron chi connectivity index (χ4n) is 5.17. The second-order valence-electron chi connectivity index (χ2n) is 10.8. The first kappa shape index (κ1) is 26.9. The van der Waals surface area contributed by atoms with Crippen LogP contribution < -0.4 is 10.0 Å². The number of hydrogen-bond acceptors (Lipinski definition) is 6. The molecule has 1 aliphatic rings. The van der Waals surface area contributed by atoms with Crippen LogP contribution >= 0.6 is 0 Å². The molecule has 1 fully saturated rings. The van der Waals surface area contributed by atoms with Crippen LogP contribution in [-0.4, -0.2) is 45.7 Å². The topological polar surface area (TPSA) is 146 Å². The van der Waals surface area contributed by atoms with Gasteiger partial charge in [-0.15, -0.1) is 0 Å². The lowest BCUT2D eigenvalue weighted by Gasteiger charge is -2.08. The van der Waals surface area contributed by atoms with E-state index in [1.54, 1.807) is 24.7 Å². The van der Waals surface area contributed by atoms with Gasteiger partial charge in [0.1, 0.15) is 11.5 Å². The van der Waals surface area contributed by atoms with Crippen molar-refractivity contribution < 1.29 is 17.6 Å². The summed E-state index contributed by atoms with van der Waals surface area (Å²) in [7, 11) is -3.44. The molecule has 1 amide bonds. The second-order valence-corrected chi connectivity index (χ2v) is 12.6. The SMILES string of the molecule is CS(=O)(=O)NCc1cc(F)cc(-c2nccc3[nH]c(-c4n[nH]c5ccc(-c6cncc(NC(=O)C7CC7)c6)cc45)cc23)c1. The van der Waals surface area contributed by atoms with E-state index in [0.29, 0.717) is 28.2 Å². The smallest absolute Gasteiger partial charge is 0.227 e. The number of anilines is 1. The Morgan fingerprint density at radius 2 is 1.79 bits per heavy atom. The Labute approximate surface area is 245 Å². The highest BCUT2D eigenvalue weighted by Crippen LogP contribution is 2.35. The highest BCUT2D eigenvalue weighted by molar-refractivity contribution is 7.88. The van der Waals surface area contributed by atoms with Gasteiger partial charge in [-0.1, -0.05) is 6.07 Å². The normalized spacial score (nSPS) is 13.5. The molecule has 6 aromatic rings. The van der Waals surface area contributed by atoms with Crippen LogP contribution in [0, 0.1) is 11.7 Å². The van der Waals surface area contributed by atoms with Gasteiger partial charge in [-0.3, -0.25) is 19.9 Å². The summed E-state index contributed by atoms with van der Waals surface area (Å²) in [5, 5.41) is 12.3. The Morgan fingerprint density at radius 1 is 0.953 bits per heavy atom. The van der Waals surface area contributed by atoms with Crippen LogP contribution in [0.25, 0.3) is 55.6 Å². The van der Waals surface area contributed by atoms with E-state index in [0.717, 1.165) is 57.7 Å². The number of H-pyrrole nitrogens is 2. The molecule has 0 aliphatic heterocycles. The Kier molecular flexibility index (Phi) is 6.51. The number of hydrogen-bond donors (Lipinski definition) is 4. The fourth-order valence-corrected chi connectivity index (χ4v) is 5.60. The maximum absolute atomic E-state index is 14.6. The number of rotatable bonds is 8. The zero-order valence-electron chi connectivity index (χ0n) is 23.0. The number of fused-ring (bicyclic) bond motifs is 2. The van der Waals surface area contributed by atoms with E-state index in [-0.39, 0.29) is 18.4 Å². The second kappa shape index (κ2) is 10.4. The molecule has 0 spiro atoms. The van der Waals surface area contributed by atoms with Crippen LogP contribution in [0.1, 0.15) is 18.4 Å². The van der Waals surface area contributed by atoms with Gasteiger partial charge >= 0.3 is 0 Å². The molecule has 0 unspecified atom stereocenters. The van der Waals surface area contributed by atoms with Crippen molar-refractivity contribution in [3.05, 3.63) is 84.6 Å². The van der Waals surface area contributed by atoms with E-state index in [1.165, 1.54) is 12.1 Å². The zero-order chi connectivity index (χ0) is 29.7. The largest absolute Gasteiger partial charge is 0.353 e. The summed E-state index contributed by atoms with van der Waals surface area (Å²) in [6.45, 7) is -0.0368. The molecular weight excluding hydrogens is 569 g/mol. The number of carbonyl (C=O) groups is 1. The monoisotopic (exact) mass is 595 g/mol. The van der Waals surface area contributed by atoms with Crippen LogP contribution in [0.4, 0.5) is 10.1 Å². The first-order chi connectivity index (χ1) is 20.7. The molecule has 1 aliphatic carbocycles. The number of aromatic nitrogens is 5. The maximum atomic E-state index is 14.6. The lowest BCUT2D eigenvalue weighted by molar-refractivity contribution is -0.117. The summed E-state index contributed by atoms with van der Waals surface area (Å²) in [5.41, 5.74) is 7.06. The van der Waals surface area contributed by atoms with Crippen molar-refractivity contribution in [2.24, 2.45) is 5.92 Å². The standard InChI is InChI=1S/C31H26FN7O3S/c1-43(41,42)35-14-17-8-20(10-22(32)9-17)29-25-13-28(37-26(25)6-7-34-29)30-24-12-19(4-5-27(24)38-39-30)21-11-23(16-33-15-21)36-31(40)18-2-3-18/h4-13,15-16,18,35,37H,2-3,14H2,1H3,(H,36,40)(H,38,39). The van der Waals surface area contributed by atoms with Crippen molar-refractivity contribution in [2.45, 2.75) is 19.4 Å². The van der Waals surface area contributed by atoms with Gasteiger partial charge in [-0.25, -0.2) is 17.5 Å². The zero-order valence-corrected chi connectivity index (χ0v) is 23.8. The number of sulfonamides is 1. The molecule has 10 nitrogen and oxygen atoms in total. The Balaban J connectivity index is 1.25. The van der Waals surface area contributed by atoms with Gasteiger partial charge in [0.2, 0.25) is 15.9 Å². The average molecular weight is 596 g/mol. The molecule has 12 heteroatoms. The van der Waals surface area contributed by atoms with Crippen LogP contribution in [0.15, 0.2) is 73.2 Å². The third-order valence-corrected chi connectivity index (χ3v) is 8.09. The number of nitrogens with one attached hydrogen (secondary N) is 4. The third-order valence-electron chi connectivity index (χ3n) is 7.42. The molecule has 43 heavy (non-hydrogen) atoms. The summed E-state index contributed by atoms with van der Waals surface area (Å²) in [6, 6.07) is 16.0. The van der Waals surface area contributed by atoms with Gasteiger partial charge in [0, 0.05) is 52.3 Å². The minimum Gasteiger partial charge on any atom is -0.353 e. The predicted molar refractivity (Wildman–Crippen MR) is 163 cm³/mol. The maximum Gasteiger partial charge on any atom is 0.227 e. The van der Waals surface area contributed by atoms with Gasteiger partial charge in [0.15, 0.2) is 0 Å². The van der Waals surface area contributed by atoms with E-state index in [4.69, 9.17) is 0 Å². The van der Waals surface area contributed by atoms with E-state index in [1.807, 2.05) is 36.4 Å². The molecule has 0 bridgehead atoms. The van der Waals surface area contributed by atoms with Crippen molar-refractivity contribution in [1.29, 1.82) is 0 Å². The highest BCUT2D eigenvalue weighted by atomic mass is 32.2. The van der Waals surface area contributed by atoms with Gasteiger partial charge in [0.25, 0.3) is 0 Å². The predicted octanol–water partition coefficient (Wildman–Crippen LogP) is 5.37. The summed E-state index contributed by atoms with van der Waals surface area (Å²) in [6.07, 6.45) is 7.95. The third kappa shape index (κ3) is 5.62. The highest BCUT2D eigenvalue weighted by Gasteiger charge is 2.29. The van der Waals surface area contributed by atoms with Crippen molar-refractivity contribution in [2.75, 3.05) is 11.6 Å². The summed E-state index contributed by atoms with van der Waals surface area (Å²) in [5.74, 6) is -0.367. The Morgan fingerprint density at radius 3 is 2.60 bits per heavy atom. The number of halogens is 1. The van der Waals surface area contributed by atoms with E-state index >= 15 is 0 Å². The molecule has 0 radical (unpaired) electrons. The minimum absolute atomic E-state index is 0.0271. The fraction of sp³-hybridized carbons (Fsp3) is 0.161. The number of amides is 1. The van der Waals surface area contributed by atoms with Crippen molar-refractivity contribution >= 4 is 43.4 Å². The van der Waals surface area contributed by atoms with Crippen LogP contribution in [0.3, 0.4) is 0 Å². The first-order valence-corrected chi connectivity index (χ1v) is 15.6. The van der Waals surface area contributed by atoms with Crippen LogP contribution in [0.2, 0.25) is 0 Å². The molecule has 2 aromatic carbocycles. The molecule has 4 N–H and O–H groups in total. The summed E-state index contributed by atoms with van der Waals surface area (Å²) in [4.78, 5) is 24.5. The Hall–Kier alpha value is -4.94. The van der Waals surface area contributed by atoms with E-state index in [2.05, 4.69) is 35.2 Å². The van der Waals surface area contributed by atoms with Crippen LogP contribution in [-0.2, 0) is 21.4 Å². The van der Waals surface area contributed by atoms with E-state index in [9.17, 15) is 17.6 Å². The number of aromatic amines is 2. The molecule has 0 saturated heterocycles. The molecule has 1 saturated carbocycles. The number of pyridine rings is 2. The number of carbonyl (C=O) groups excluding carboxylic acids is 1. The van der Waals surface area contributed by atoms with Gasteiger partial charge in [-0.05, 0) is 72.5 Å². The average Bonchev–Trinajstić information content (AvgIpc) is 3.61. The molecule has 0 atom stereocenters. The number of benzene rings is 2. The van der Waals surface area contributed by atoms with Crippen LogP contribution in [0.5, 0.6) is 0 Å². The van der Waals surface area contributed by atoms with E-state index < -0.39 is 15.8 Å². The lowest BCUT2D eigenvalue weighted by Crippen LogP contribution is -2.21. The summed E-state index contributed by atoms with van der Waals surface area (Å²) < 4.78 is 40.1. The number of nitrogens with zero attached hydrogens (tertiary/aromatic N) is 3. The van der Waals surface area contributed by atoms with Gasteiger partial charge in [-0.2, -0.15) is 5.10 Å². The van der Waals surface area contributed by atoms with Crippen molar-refractivity contribution in [3.63, 3.8) is 0 Å².